The van der Waals surface area contributed by atoms with Crippen LogP contribution in [-0.2, 0) is 12.8 Å². The predicted molar refractivity (Wildman–Crippen MR) is 73.1 cm³/mol. The Hall–Kier alpha value is -0.860. The summed E-state index contributed by atoms with van der Waals surface area (Å²) in [7, 11) is 0. The van der Waals surface area contributed by atoms with E-state index in [0.717, 1.165) is 17.2 Å². The molecule has 0 fully saturated rings. The van der Waals surface area contributed by atoms with Crippen molar-refractivity contribution in [1.82, 2.24) is 4.98 Å². The molecule has 3 rings (SSSR count). The number of hydrogen-bond donors (Lipinski definition) is 0. The van der Waals surface area contributed by atoms with E-state index in [4.69, 9.17) is 11.6 Å². The van der Waals surface area contributed by atoms with Crippen molar-refractivity contribution in [1.29, 1.82) is 0 Å². The smallest absolute Gasteiger partial charge is 0.0931 e. The van der Waals surface area contributed by atoms with Crippen LogP contribution < -0.4 is 0 Å². The molecule has 0 N–H and O–H groups in total. The Morgan fingerprint density at radius 1 is 1.35 bits per heavy atom. The third-order valence-corrected chi connectivity index (χ3v) is 4.95. The van der Waals surface area contributed by atoms with Crippen molar-refractivity contribution in [2.24, 2.45) is 0 Å². The largest absolute Gasteiger partial charge is 0.261 e. The van der Waals surface area contributed by atoms with Gasteiger partial charge in [-0.15, -0.1) is 11.3 Å². The van der Waals surface area contributed by atoms with Crippen molar-refractivity contribution in [2.45, 2.75) is 32.1 Å². The van der Waals surface area contributed by atoms with Crippen LogP contribution in [0.3, 0.4) is 0 Å². The van der Waals surface area contributed by atoms with Crippen LogP contribution in [0.2, 0.25) is 4.34 Å². The Labute approximate surface area is 110 Å². The molecule has 0 amide bonds. The van der Waals surface area contributed by atoms with Gasteiger partial charge in [0.25, 0.3) is 0 Å². The maximum absolute atomic E-state index is 6.01. The summed E-state index contributed by atoms with van der Waals surface area (Å²) in [5.74, 6) is 0.606. The number of fused-ring (bicyclic) bond motifs is 1. The summed E-state index contributed by atoms with van der Waals surface area (Å²) in [5, 5.41) is 0. The van der Waals surface area contributed by atoms with Gasteiger partial charge in [-0.3, -0.25) is 4.98 Å². The van der Waals surface area contributed by atoms with Gasteiger partial charge < -0.3 is 0 Å². The molecular weight excluding hydrogens is 250 g/mol. The first kappa shape index (κ1) is 11.2. The van der Waals surface area contributed by atoms with Gasteiger partial charge in [-0.05, 0) is 61.4 Å². The van der Waals surface area contributed by atoms with Gasteiger partial charge >= 0.3 is 0 Å². The highest BCUT2D eigenvalue weighted by molar-refractivity contribution is 7.16. The molecule has 0 aromatic carbocycles. The van der Waals surface area contributed by atoms with Gasteiger partial charge in [0, 0.05) is 16.8 Å². The molecule has 17 heavy (non-hydrogen) atoms. The number of pyridine rings is 1. The SMILES string of the molecule is Cc1ccnc2c1CCC(c1ccc(Cl)s1)C2. The van der Waals surface area contributed by atoms with E-state index < -0.39 is 0 Å². The summed E-state index contributed by atoms with van der Waals surface area (Å²) in [6.45, 7) is 2.18. The average Bonchev–Trinajstić information content (AvgIpc) is 2.76. The molecule has 1 aliphatic carbocycles. The van der Waals surface area contributed by atoms with Crippen LogP contribution in [-0.4, -0.2) is 4.98 Å². The minimum absolute atomic E-state index is 0.606. The Morgan fingerprint density at radius 2 is 2.24 bits per heavy atom. The lowest BCUT2D eigenvalue weighted by Gasteiger charge is -2.24. The maximum atomic E-state index is 6.01. The first-order chi connectivity index (χ1) is 8.24. The monoisotopic (exact) mass is 263 g/mol. The second kappa shape index (κ2) is 4.43. The average molecular weight is 264 g/mol. The molecule has 0 saturated carbocycles. The summed E-state index contributed by atoms with van der Waals surface area (Å²) in [6.07, 6.45) is 5.36. The van der Waals surface area contributed by atoms with E-state index in [1.165, 1.54) is 28.1 Å². The fourth-order valence-corrected chi connectivity index (χ4v) is 3.80. The molecule has 1 nitrogen and oxygen atoms in total. The van der Waals surface area contributed by atoms with Crippen molar-refractivity contribution < 1.29 is 0 Å². The number of thiophene rings is 1. The highest BCUT2D eigenvalue weighted by Crippen LogP contribution is 2.37. The van der Waals surface area contributed by atoms with Crippen LogP contribution in [0.15, 0.2) is 24.4 Å². The third kappa shape index (κ3) is 2.12. The number of halogens is 1. The van der Waals surface area contributed by atoms with E-state index in [9.17, 15) is 0 Å². The van der Waals surface area contributed by atoms with E-state index in [-0.39, 0.29) is 0 Å². The zero-order valence-electron chi connectivity index (χ0n) is 9.74. The molecule has 1 aliphatic rings. The fraction of sp³-hybridized carbons (Fsp3) is 0.357. The number of aromatic nitrogens is 1. The lowest BCUT2D eigenvalue weighted by Crippen LogP contribution is -2.14. The molecule has 0 radical (unpaired) electrons. The molecule has 2 aromatic rings. The van der Waals surface area contributed by atoms with Crippen LogP contribution >= 0.6 is 22.9 Å². The molecule has 3 heteroatoms. The number of rotatable bonds is 1. The molecule has 1 atom stereocenters. The summed E-state index contributed by atoms with van der Waals surface area (Å²) in [6, 6.07) is 6.28. The number of hydrogen-bond acceptors (Lipinski definition) is 2. The lowest BCUT2D eigenvalue weighted by atomic mass is 9.84. The van der Waals surface area contributed by atoms with Gasteiger partial charge in [-0.2, -0.15) is 0 Å². The predicted octanol–water partition coefficient (Wildman–Crippen LogP) is 4.38. The molecule has 0 bridgehead atoms. The molecule has 2 heterocycles. The molecular formula is C14H14ClNS. The molecule has 88 valence electrons. The lowest BCUT2D eigenvalue weighted by molar-refractivity contribution is 0.578. The van der Waals surface area contributed by atoms with Gasteiger partial charge in [0.05, 0.1) is 4.34 Å². The minimum Gasteiger partial charge on any atom is -0.261 e. The maximum Gasteiger partial charge on any atom is 0.0931 e. The summed E-state index contributed by atoms with van der Waals surface area (Å²) in [5.41, 5.74) is 4.13. The van der Waals surface area contributed by atoms with E-state index in [0.29, 0.717) is 5.92 Å². The van der Waals surface area contributed by atoms with Crippen molar-refractivity contribution in [3.63, 3.8) is 0 Å². The Kier molecular flexibility index (Phi) is 2.93. The molecule has 0 spiro atoms. The zero-order valence-corrected chi connectivity index (χ0v) is 11.3. The number of nitrogens with zero attached hydrogens (tertiary/aromatic N) is 1. The minimum atomic E-state index is 0.606. The Morgan fingerprint density at radius 3 is 3.00 bits per heavy atom. The topological polar surface area (TPSA) is 12.9 Å². The normalized spacial score (nSPS) is 19.1. The fourth-order valence-electron chi connectivity index (χ4n) is 2.61. The van der Waals surface area contributed by atoms with E-state index in [1.54, 1.807) is 11.3 Å². The van der Waals surface area contributed by atoms with Crippen molar-refractivity contribution in [3.8, 4) is 0 Å². The Bertz CT molecular complexity index is 547. The third-order valence-electron chi connectivity index (χ3n) is 3.56. The standard InChI is InChI=1S/C14H14ClNS/c1-9-6-7-16-12-8-10(2-3-11(9)12)13-4-5-14(15)17-13/h4-7,10H,2-3,8H2,1H3. The van der Waals surface area contributed by atoms with Crippen molar-refractivity contribution in [3.05, 3.63) is 50.4 Å². The van der Waals surface area contributed by atoms with Crippen molar-refractivity contribution in [2.75, 3.05) is 0 Å². The van der Waals surface area contributed by atoms with E-state index in [1.807, 2.05) is 12.3 Å². The summed E-state index contributed by atoms with van der Waals surface area (Å²) >= 11 is 7.72. The molecule has 0 aliphatic heterocycles. The quantitative estimate of drug-likeness (QED) is 0.744. The van der Waals surface area contributed by atoms with Gasteiger partial charge in [-0.1, -0.05) is 11.6 Å². The van der Waals surface area contributed by atoms with Crippen LogP contribution in [0, 0.1) is 6.92 Å². The molecule has 0 saturated heterocycles. The number of aryl methyl sites for hydroxylation is 1. The highest BCUT2D eigenvalue weighted by Gasteiger charge is 2.23. The summed E-state index contributed by atoms with van der Waals surface area (Å²) < 4.78 is 0.892. The van der Waals surface area contributed by atoms with Crippen LogP contribution in [0.5, 0.6) is 0 Å². The van der Waals surface area contributed by atoms with Crippen LogP contribution in [0.25, 0.3) is 0 Å². The Balaban J connectivity index is 1.90. The second-order valence-corrected chi connectivity index (χ2v) is 6.38. The van der Waals surface area contributed by atoms with E-state index in [2.05, 4.69) is 24.0 Å². The first-order valence-corrected chi connectivity index (χ1v) is 7.12. The van der Waals surface area contributed by atoms with Gasteiger partial charge in [0.15, 0.2) is 0 Å². The van der Waals surface area contributed by atoms with Crippen LogP contribution in [0.1, 0.15) is 34.0 Å². The van der Waals surface area contributed by atoms with Gasteiger partial charge in [0.1, 0.15) is 0 Å². The molecule has 1 unspecified atom stereocenters. The summed E-state index contributed by atoms with van der Waals surface area (Å²) in [4.78, 5) is 5.94. The van der Waals surface area contributed by atoms with E-state index >= 15 is 0 Å². The van der Waals surface area contributed by atoms with Crippen molar-refractivity contribution >= 4 is 22.9 Å². The first-order valence-electron chi connectivity index (χ1n) is 5.92. The molecule has 2 aromatic heterocycles. The zero-order chi connectivity index (χ0) is 11.8. The highest BCUT2D eigenvalue weighted by atomic mass is 35.5. The van der Waals surface area contributed by atoms with Gasteiger partial charge in [0.2, 0.25) is 0 Å². The van der Waals surface area contributed by atoms with Crippen LogP contribution in [0.4, 0.5) is 0 Å². The van der Waals surface area contributed by atoms with Gasteiger partial charge in [-0.25, -0.2) is 0 Å². The second-order valence-electron chi connectivity index (χ2n) is 4.63.